The molecule has 1 aliphatic rings. The van der Waals surface area contributed by atoms with Crippen LogP contribution in [0.15, 0.2) is 23.4 Å². The van der Waals surface area contributed by atoms with E-state index in [1.54, 1.807) is 6.08 Å². The molecule has 1 rings (SSSR count). The van der Waals surface area contributed by atoms with Crippen LogP contribution in [0.3, 0.4) is 0 Å². The monoisotopic (exact) mass is 316 g/mol. The number of halogens is 1. The minimum absolute atomic E-state index is 0.102. The Labute approximate surface area is 127 Å². The maximum absolute atomic E-state index is 12.0. The quantitative estimate of drug-likeness (QED) is 0.341. The Morgan fingerprint density at radius 2 is 1.81 bits per heavy atom. The third-order valence-corrected chi connectivity index (χ3v) is 3.67. The van der Waals surface area contributed by atoms with E-state index in [1.807, 2.05) is 0 Å². The fourth-order valence-corrected chi connectivity index (χ4v) is 2.62. The third kappa shape index (κ3) is 3.64. The molecule has 0 heterocycles. The van der Waals surface area contributed by atoms with Crippen molar-refractivity contribution in [2.45, 2.75) is 19.8 Å². The Balaban J connectivity index is 3.06. The zero-order chi connectivity index (χ0) is 16.0. The summed E-state index contributed by atoms with van der Waals surface area (Å²) in [5.74, 6) is -2.13. The Morgan fingerprint density at radius 3 is 2.24 bits per heavy atom. The third-order valence-electron chi connectivity index (χ3n) is 3.39. The lowest BCUT2D eigenvalue weighted by molar-refractivity contribution is -0.168. The molecular formula is C14H17ClO6. The smallest absolute Gasteiger partial charge is 0.323 e. The van der Waals surface area contributed by atoms with Crippen LogP contribution in [0.1, 0.15) is 19.8 Å². The summed E-state index contributed by atoms with van der Waals surface area (Å²) in [7, 11) is 2.41. The van der Waals surface area contributed by atoms with Crippen molar-refractivity contribution < 1.29 is 28.6 Å². The highest BCUT2D eigenvalue weighted by molar-refractivity contribution is 6.25. The topological polar surface area (TPSA) is 78.9 Å². The molecule has 1 fully saturated rings. The van der Waals surface area contributed by atoms with Crippen LogP contribution in [0.4, 0.5) is 0 Å². The van der Waals surface area contributed by atoms with E-state index < -0.39 is 23.3 Å². The van der Waals surface area contributed by atoms with Gasteiger partial charge in [-0.3, -0.25) is 14.4 Å². The molecule has 1 saturated carbocycles. The lowest BCUT2D eigenvalue weighted by Crippen LogP contribution is -2.39. The van der Waals surface area contributed by atoms with Gasteiger partial charge < -0.3 is 14.2 Å². The van der Waals surface area contributed by atoms with Gasteiger partial charge in [-0.15, -0.1) is 0 Å². The number of hydrogen-bond acceptors (Lipinski definition) is 6. The first kappa shape index (κ1) is 17.2. The zero-order valence-corrected chi connectivity index (χ0v) is 12.8. The Kier molecular flexibility index (Phi) is 5.96. The van der Waals surface area contributed by atoms with Gasteiger partial charge in [0, 0.05) is 18.4 Å². The Morgan fingerprint density at radius 1 is 1.24 bits per heavy atom. The van der Waals surface area contributed by atoms with Crippen molar-refractivity contribution >= 4 is 29.5 Å². The summed E-state index contributed by atoms with van der Waals surface area (Å²) in [6, 6.07) is 0. The largest absolute Gasteiger partial charge is 0.468 e. The van der Waals surface area contributed by atoms with E-state index in [9.17, 15) is 14.4 Å². The number of carbonyl (C=O) groups excluding carboxylic acids is 3. The zero-order valence-electron chi connectivity index (χ0n) is 12.1. The van der Waals surface area contributed by atoms with Crippen molar-refractivity contribution in [2.24, 2.45) is 11.3 Å². The van der Waals surface area contributed by atoms with Gasteiger partial charge in [0.15, 0.2) is 5.41 Å². The summed E-state index contributed by atoms with van der Waals surface area (Å²) in [5, 5.41) is 0. The maximum atomic E-state index is 12.0. The fraction of sp³-hybridized carbons (Fsp3) is 0.500. The average Bonchev–Trinajstić information content (AvgIpc) is 2.85. The SMILES string of the molecule is COC(=O)C1(C(=O)OC)CC(=CCl)C(C=COC(C)=O)C1. The molecule has 7 heteroatoms. The molecule has 0 spiro atoms. The van der Waals surface area contributed by atoms with Crippen LogP contribution in [0, 0.1) is 11.3 Å². The minimum Gasteiger partial charge on any atom is -0.468 e. The molecule has 1 aliphatic carbocycles. The van der Waals surface area contributed by atoms with E-state index in [0.717, 1.165) is 0 Å². The van der Waals surface area contributed by atoms with Crippen LogP contribution in [0.2, 0.25) is 0 Å². The number of methoxy groups -OCH3 is 2. The number of hydrogen-bond donors (Lipinski definition) is 0. The predicted molar refractivity (Wildman–Crippen MR) is 74.0 cm³/mol. The van der Waals surface area contributed by atoms with Gasteiger partial charge in [-0.25, -0.2) is 0 Å². The van der Waals surface area contributed by atoms with Gasteiger partial charge in [0.2, 0.25) is 0 Å². The molecule has 0 aromatic heterocycles. The molecule has 0 amide bonds. The molecule has 116 valence electrons. The van der Waals surface area contributed by atoms with Crippen LogP contribution < -0.4 is 0 Å². The van der Waals surface area contributed by atoms with Crippen LogP contribution in [-0.4, -0.2) is 32.1 Å². The summed E-state index contributed by atoms with van der Waals surface area (Å²) in [5.41, 5.74) is 0.558. The molecule has 0 aliphatic heterocycles. The van der Waals surface area contributed by atoms with Gasteiger partial charge in [-0.1, -0.05) is 17.2 Å². The fourth-order valence-electron chi connectivity index (χ4n) is 2.38. The van der Waals surface area contributed by atoms with Crippen molar-refractivity contribution in [1.29, 1.82) is 0 Å². The standard InChI is InChI=1S/C14H17ClO6/c1-9(16)21-5-4-10-6-14(12(17)19-2,13(18)20-3)7-11(10)8-15/h4-5,8,10H,6-7H2,1-3H3. The van der Waals surface area contributed by atoms with E-state index in [4.69, 9.17) is 25.8 Å². The summed E-state index contributed by atoms with van der Waals surface area (Å²) in [6.07, 6.45) is 3.04. The van der Waals surface area contributed by atoms with Crippen molar-refractivity contribution in [2.75, 3.05) is 14.2 Å². The minimum atomic E-state index is -1.42. The number of esters is 3. The highest BCUT2D eigenvalue weighted by atomic mass is 35.5. The summed E-state index contributed by atoms with van der Waals surface area (Å²) >= 11 is 5.76. The molecule has 21 heavy (non-hydrogen) atoms. The highest BCUT2D eigenvalue weighted by Crippen LogP contribution is 2.48. The molecule has 0 aromatic carbocycles. The van der Waals surface area contributed by atoms with Crippen LogP contribution >= 0.6 is 11.6 Å². The first-order valence-corrected chi connectivity index (χ1v) is 6.64. The molecule has 1 atom stereocenters. The average molecular weight is 317 g/mol. The van der Waals surface area contributed by atoms with E-state index >= 15 is 0 Å². The number of ether oxygens (including phenoxy) is 3. The van der Waals surface area contributed by atoms with Crippen LogP contribution in [0.25, 0.3) is 0 Å². The summed E-state index contributed by atoms with van der Waals surface area (Å²) < 4.78 is 14.2. The van der Waals surface area contributed by atoms with Crippen molar-refractivity contribution in [1.82, 2.24) is 0 Å². The second-order valence-electron chi connectivity index (χ2n) is 4.67. The van der Waals surface area contributed by atoms with Crippen LogP contribution in [-0.2, 0) is 28.6 Å². The van der Waals surface area contributed by atoms with Gasteiger partial charge >= 0.3 is 17.9 Å². The molecule has 6 nitrogen and oxygen atoms in total. The van der Waals surface area contributed by atoms with Gasteiger partial charge in [-0.2, -0.15) is 0 Å². The number of rotatable bonds is 4. The van der Waals surface area contributed by atoms with Crippen LogP contribution in [0.5, 0.6) is 0 Å². The van der Waals surface area contributed by atoms with E-state index in [-0.39, 0.29) is 18.8 Å². The summed E-state index contributed by atoms with van der Waals surface area (Å²) in [4.78, 5) is 34.8. The molecular weight excluding hydrogens is 300 g/mol. The maximum Gasteiger partial charge on any atom is 0.323 e. The number of carbonyl (C=O) groups is 3. The number of allylic oxidation sites excluding steroid dienone is 2. The van der Waals surface area contributed by atoms with Gasteiger partial charge in [0.25, 0.3) is 0 Å². The summed E-state index contributed by atoms with van der Waals surface area (Å²) in [6.45, 7) is 1.27. The van der Waals surface area contributed by atoms with E-state index in [2.05, 4.69) is 0 Å². The first-order chi connectivity index (χ1) is 9.91. The molecule has 0 saturated heterocycles. The molecule has 0 bridgehead atoms. The second kappa shape index (κ2) is 7.26. The van der Waals surface area contributed by atoms with Gasteiger partial charge in [-0.05, 0) is 18.9 Å². The van der Waals surface area contributed by atoms with E-state index in [1.165, 1.54) is 32.9 Å². The molecule has 1 unspecified atom stereocenters. The second-order valence-corrected chi connectivity index (χ2v) is 4.89. The predicted octanol–water partition coefficient (Wildman–Crippen LogP) is 1.93. The van der Waals surface area contributed by atoms with Crippen molar-refractivity contribution in [3.63, 3.8) is 0 Å². The van der Waals surface area contributed by atoms with Gasteiger partial charge in [0.1, 0.15) is 0 Å². The Hall–Kier alpha value is -1.82. The lowest BCUT2D eigenvalue weighted by atomic mass is 9.85. The lowest BCUT2D eigenvalue weighted by Gasteiger charge is -2.22. The highest BCUT2D eigenvalue weighted by Gasteiger charge is 2.54. The molecule has 0 radical (unpaired) electrons. The van der Waals surface area contributed by atoms with Gasteiger partial charge in [0.05, 0.1) is 20.5 Å². The molecule has 0 N–H and O–H groups in total. The Bertz CT molecular complexity index is 478. The molecule has 0 aromatic rings. The van der Waals surface area contributed by atoms with Crippen molar-refractivity contribution in [3.05, 3.63) is 23.4 Å². The first-order valence-electron chi connectivity index (χ1n) is 6.21. The normalized spacial score (nSPS) is 22.3. The van der Waals surface area contributed by atoms with E-state index in [0.29, 0.717) is 5.57 Å². The van der Waals surface area contributed by atoms with Crippen molar-refractivity contribution in [3.8, 4) is 0 Å².